The molecule has 1 atom stereocenters. The summed E-state index contributed by atoms with van der Waals surface area (Å²) in [5, 5.41) is 18.0. The number of rotatable bonds is 5. The first kappa shape index (κ1) is 14.6. The van der Waals surface area contributed by atoms with Gasteiger partial charge in [-0.15, -0.1) is 0 Å². The van der Waals surface area contributed by atoms with Crippen LogP contribution in [-0.4, -0.2) is 37.2 Å². The Morgan fingerprint density at radius 1 is 1.44 bits per heavy atom. The molecule has 1 rings (SSSR count). The maximum Gasteiger partial charge on any atom is 0.335 e. The predicted molar refractivity (Wildman–Crippen MR) is 65.0 cm³/mol. The molecule has 0 fully saturated rings. The van der Waals surface area contributed by atoms with Crippen LogP contribution in [0.25, 0.3) is 0 Å². The van der Waals surface area contributed by atoms with E-state index in [0.717, 1.165) is 0 Å². The van der Waals surface area contributed by atoms with Gasteiger partial charge >= 0.3 is 5.97 Å². The number of sulfonamides is 1. The molecule has 1 aromatic rings. The number of benzene rings is 1. The molecule has 0 aliphatic carbocycles. The van der Waals surface area contributed by atoms with E-state index in [2.05, 4.69) is 4.72 Å². The smallest absolute Gasteiger partial charge is 0.335 e. The maximum absolute atomic E-state index is 11.9. The maximum atomic E-state index is 11.9. The fourth-order valence-corrected chi connectivity index (χ4v) is 2.83. The summed E-state index contributed by atoms with van der Waals surface area (Å²) in [6.45, 7) is 2.75. The van der Waals surface area contributed by atoms with Crippen molar-refractivity contribution in [2.24, 2.45) is 0 Å². The molecule has 0 heterocycles. The van der Waals surface area contributed by atoms with Crippen LogP contribution in [0.15, 0.2) is 23.1 Å². The Morgan fingerprint density at radius 2 is 2.06 bits per heavy atom. The second-order valence-electron chi connectivity index (χ2n) is 3.93. The average molecular weight is 273 g/mol. The van der Waals surface area contributed by atoms with Gasteiger partial charge < -0.3 is 10.2 Å². The fourth-order valence-electron chi connectivity index (χ4n) is 1.45. The lowest BCUT2D eigenvalue weighted by molar-refractivity contribution is 0.0695. The van der Waals surface area contributed by atoms with E-state index < -0.39 is 22.1 Å². The van der Waals surface area contributed by atoms with Gasteiger partial charge in [-0.3, -0.25) is 0 Å². The van der Waals surface area contributed by atoms with Gasteiger partial charge in [-0.05, 0) is 31.5 Å². The number of nitrogens with one attached hydrogen (secondary N) is 1. The van der Waals surface area contributed by atoms with Crippen LogP contribution in [0.3, 0.4) is 0 Å². The minimum atomic E-state index is -3.82. The molecular weight excluding hydrogens is 258 g/mol. The van der Waals surface area contributed by atoms with E-state index in [1.807, 2.05) is 0 Å². The highest BCUT2D eigenvalue weighted by atomic mass is 32.2. The molecule has 6 nitrogen and oxygen atoms in total. The number of aliphatic hydroxyl groups excluding tert-OH is 1. The molecule has 0 bridgehead atoms. The van der Waals surface area contributed by atoms with Crippen molar-refractivity contribution in [3.05, 3.63) is 29.3 Å². The standard InChI is InChI=1S/C11H15NO5S/c1-7(13)6-12-18(16,17)10-5-3-4-9(8(10)2)11(14)15/h3-5,7,12-13H,6H2,1-2H3,(H,14,15)/t7-/m0/s1. The van der Waals surface area contributed by atoms with Crippen LogP contribution < -0.4 is 4.72 Å². The van der Waals surface area contributed by atoms with E-state index >= 15 is 0 Å². The minimum absolute atomic E-state index is 0.0603. The molecule has 0 spiro atoms. The Morgan fingerprint density at radius 3 is 2.56 bits per heavy atom. The number of carbonyl (C=O) groups is 1. The molecule has 0 amide bonds. The zero-order valence-electron chi connectivity index (χ0n) is 10.0. The highest BCUT2D eigenvalue weighted by Crippen LogP contribution is 2.18. The van der Waals surface area contributed by atoms with E-state index in [0.29, 0.717) is 0 Å². The van der Waals surface area contributed by atoms with E-state index in [1.54, 1.807) is 0 Å². The molecule has 0 aliphatic rings. The monoisotopic (exact) mass is 273 g/mol. The van der Waals surface area contributed by atoms with Crippen molar-refractivity contribution >= 4 is 16.0 Å². The van der Waals surface area contributed by atoms with Gasteiger partial charge in [-0.25, -0.2) is 17.9 Å². The summed E-state index contributed by atoms with van der Waals surface area (Å²) in [4.78, 5) is 10.8. The van der Waals surface area contributed by atoms with Gasteiger partial charge in [-0.1, -0.05) is 6.07 Å². The lowest BCUT2D eigenvalue weighted by atomic mass is 10.1. The van der Waals surface area contributed by atoms with Crippen molar-refractivity contribution < 1.29 is 23.4 Å². The van der Waals surface area contributed by atoms with E-state index in [9.17, 15) is 13.2 Å². The first-order chi connectivity index (χ1) is 8.25. The number of hydrogen-bond donors (Lipinski definition) is 3. The normalized spacial score (nSPS) is 13.3. The quantitative estimate of drug-likeness (QED) is 0.718. The molecule has 18 heavy (non-hydrogen) atoms. The summed E-state index contributed by atoms with van der Waals surface area (Å²) >= 11 is 0. The highest BCUT2D eigenvalue weighted by Gasteiger charge is 2.20. The zero-order valence-corrected chi connectivity index (χ0v) is 10.9. The van der Waals surface area contributed by atoms with Gasteiger partial charge in [0.15, 0.2) is 0 Å². The Bertz CT molecular complexity index is 551. The summed E-state index contributed by atoms with van der Waals surface area (Å²) in [6.07, 6.45) is -0.817. The molecule has 0 saturated heterocycles. The number of carboxylic acid groups (broad SMARTS) is 1. The van der Waals surface area contributed by atoms with E-state index in [-0.39, 0.29) is 22.6 Å². The van der Waals surface area contributed by atoms with Crippen molar-refractivity contribution in [2.45, 2.75) is 24.8 Å². The summed E-state index contributed by atoms with van der Waals surface area (Å²) in [5.41, 5.74) is 0.109. The summed E-state index contributed by atoms with van der Waals surface area (Å²) in [6, 6.07) is 4.03. The van der Waals surface area contributed by atoms with Gasteiger partial charge in [0.05, 0.1) is 16.6 Å². The van der Waals surface area contributed by atoms with Crippen LogP contribution in [0.1, 0.15) is 22.8 Å². The number of carboxylic acids is 1. The van der Waals surface area contributed by atoms with E-state index in [1.165, 1.54) is 32.0 Å². The van der Waals surface area contributed by atoms with Crippen molar-refractivity contribution in [2.75, 3.05) is 6.54 Å². The summed E-state index contributed by atoms with van der Waals surface area (Å²) < 4.78 is 26.0. The van der Waals surface area contributed by atoms with Crippen molar-refractivity contribution in [3.8, 4) is 0 Å². The van der Waals surface area contributed by atoms with Crippen LogP contribution in [0.5, 0.6) is 0 Å². The Balaban J connectivity index is 3.17. The predicted octanol–water partition coefficient (Wildman–Crippen LogP) is 0.352. The Labute approximate surface area is 105 Å². The Kier molecular flexibility index (Phi) is 4.44. The molecule has 0 aliphatic heterocycles. The third kappa shape index (κ3) is 3.28. The number of aromatic carboxylic acids is 1. The first-order valence-electron chi connectivity index (χ1n) is 5.26. The summed E-state index contributed by atoms with van der Waals surface area (Å²) in [5.74, 6) is -1.18. The third-order valence-corrected chi connectivity index (χ3v) is 3.94. The van der Waals surface area contributed by atoms with Crippen molar-refractivity contribution in [1.82, 2.24) is 4.72 Å². The average Bonchev–Trinajstić information content (AvgIpc) is 2.26. The van der Waals surface area contributed by atoms with Gasteiger partial charge in [0, 0.05) is 6.54 Å². The van der Waals surface area contributed by atoms with E-state index in [4.69, 9.17) is 10.2 Å². The van der Waals surface area contributed by atoms with Gasteiger partial charge in [0.25, 0.3) is 0 Å². The molecular formula is C11H15NO5S. The minimum Gasteiger partial charge on any atom is -0.478 e. The molecule has 0 unspecified atom stereocenters. The molecule has 0 radical (unpaired) electrons. The van der Waals surface area contributed by atoms with Crippen molar-refractivity contribution in [1.29, 1.82) is 0 Å². The van der Waals surface area contributed by atoms with Gasteiger partial charge in [0.2, 0.25) is 10.0 Å². The largest absolute Gasteiger partial charge is 0.478 e. The fraction of sp³-hybridized carbons (Fsp3) is 0.364. The van der Waals surface area contributed by atoms with Crippen LogP contribution in [0.4, 0.5) is 0 Å². The lowest BCUT2D eigenvalue weighted by Gasteiger charge is -2.11. The van der Waals surface area contributed by atoms with Gasteiger partial charge in [0.1, 0.15) is 0 Å². The second kappa shape index (κ2) is 5.47. The second-order valence-corrected chi connectivity index (χ2v) is 5.67. The lowest BCUT2D eigenvalue weighted by Crippen LogP contribution is -2.31. The third-order valence-electron chi connectivity index (χ3n) is 2.37. The molecule has 100 valence electrons. The van der Waals surface area contributed by atoms with Crippen LogP contribution in [0, 0.1) is 6.92 Å². The molecule has 0 aromatic heterocycles. The van der Waals surface area contributed by atoms with Gasteiger partial charge in [-0.2, -0.15) is 0 Å². The molecule has 3 N–H and O–H groups in total. The Hall–Kier alpha value is -1.44. The highest BCUT2D eigenvalue weighted by molar-refractivity contribution is 7.89. The molecule has 7 heteroatoms. The van der Waals surface area contributed by atoms with Crippen molar-refractivity contribution in [3.63, 3.8) is 0 Å². The number of aliphatic hydroxyl groups is 1. The topological polar surface area (TPSA) is 104 Å². The first-order valence-corrected chi connectivity index (χ1v) is 6.74. The van der Waals surface area contributed by atoms with Crippen LogP contribution >= 0.6 is 0 Å². The van der Waals surface area contributed by atoms with Crippen LogP contribution in [-0.2, 0) is 10.0 Å². The number of hydrogen-bond acceptors (Lipinski definition) is 4. The summed E-state index contributed by atoms with van der Waals surface area (Å²) in [7, 11) is -3.82. The molecule has 0 saturated carbocycles. The molecule has 1 aromatic carbocycles. The SMILES string of the molecule is Cc1c(C(=O)O)cccc1S(=O)(=O)NC[C@H](C)O. The van der Waals surface area contributed by atoms with Crippen LogP contribution in [0.2, 0.25) is 0 Å². The zero-order chi connectivity index (χ0) is 13.9.